The molecule has 35 heavy (non-hydrogen) atoms. The van der Waals surface area contributed by atoms with Gasteiger partial charge in [0.05, 0.1) is 11.3 Å². The Kier molecular flexibility index (Phi) is 6.66. The first-order valence-corrected chi connectivity index (χ1v) is 11.9. The monoisotopic (exact) mass is 465 g/mol. The molecule has 0 spiro atoms. The van der Waals surface area contributed by atoms with Crippen LogP contribution in [0.1, 0.15) is 28.8 Å². The van der Waals surface area contributed by atoms with E-state index in [1.165, 1.54) is 0 Å². The van der Waals surface area contributed by atoms with Crippen LogP contribution in [0.5, 0.6) is 0 Å². The van der Waals surface area contributed by atoms with E-state index in [0.717, 1.165) is 16.8 Å². The molecular formula is C28H27N5O2. The minimum absolute atomic E-state index is 0.0499. The number of nitrogens with one attached hydrogen (secondary N) is 1. The van der Waals surface area contributed by atoms with Crippen molar-refractivity contribution in [1.82, 2.24) is 25.0 Å². The maximum atomic E-state index is 13.6. The molecule has 2 aromatic carbocycles. The Balaban J connectivity index is 1.29. The van der Waals surface area contributed by atoms with Gasteiger partial charge >= 0.3 is 0 Å². The highest BCUT2D eigenvalue weighted by molar-refractivity contribution is 6.00. The molecule has 3 heterocycles. The maximum absolute atomic E-state index is 13.6. The Morgan fingerprint density at radius 3 is 2.31 bits per heavy atom. The lowest BCUT2D eigenvalue weighted by atomic mass is 9.95. The first kappa shape index (κ1) is 22.5. The number of rotatable bonds is 6. The first-order valence-electron chi connectivity index (χ1n) is 11.9. The zero-order valence-corrected chi connectivity index (χ0v) is 19.4. The first-order chi connectivity index (χ1) is 17.2. The second-order valence-electron chi connectivity index (χ2n) is 8.68. The summed E-state index contributed by atoms with van der Waals surface area (Å²) in [6, 6.07) is 23.4. The number of aromatic nitrogens is 3. The number of hydrogen-bond donors (Lipinski definition) is 1. The van der Waals surface area contributed by atoms with Crippen LogP contribution in [-0.2, 0) is 11.3 Å². The summed E-state index contributed by atoms with van der Waals surface area (Å²) in [5, 5.41) is 7.76. The van der Waals surface area contributed by atoms with Gasteiger partial charge in [0, 0.05) is 49.7 Å². The third kappa shape index (κ3) is 5.14. The van der Waals surface area contributed by atoms with Crippen molar-refractivity contribution >= 4 is 11.8 Å². The van der Waals surface area contributed by atoms with E-state index in [1.807, 2.05) is 77.7 Å². The highest BCUT2D eigenvalue weighted by Crippen LogP contribution is 2.26. The van der Waals surface area contributed by atoms with Gasteiger partial charge in [-0.3, -0.25) is 14.6 Å². The van der Waals surface area contributed by atoms with Gasteiger partial charge in [0.1, 0.15) is 5.69 Å². The number of nitrogens with zero attached hydrogens (tertiary/aromatic N) is 4. The van der Waals surface area contributed by atoms with Crippen LogP contribution in [0.2, 0.25) is 0 Å². The Hall–Kier alpha value is -4.26. The summed E-state index contributed by atoms with van der Waals surface area (Å²) in [7, 11) is 0. The fourth-order valence-corrected chi connectivity index (χ4v) is 4.40. The molecule has 0 unspecified atom stereocenters. The average Bonchev–Trinajstić information content (AvgIpc) is 3.39. The number of para-hydroxylation sites is 1. The van der Waals surface area contributed by atoms with Gasteiger partial charge < -0.3 is 10.2 Å². The number of hydrogen-bond acceptors (Lipinski definition) is 4. The van der Waals surface area contributed by atoms with Gasteiger partial charge in [-0.1, -0.05) is 48.5 Å². The summed E-state index contributed by atoms with van der Waals surface area (Å²) in [5.41, 5.74) is 3.89. The molecule has 0 atom stereocenters. The van der Waals surface area contributed by atoms with E-state index in [0.29, 0.717) is 43.7 Å². The predicted molar refractivity (Wildman–Crippen MR) is 134 cm³/mol. The second kappa shape index (κ2) is 10.3. The fraction of sp³-hybridized carbons (Fsp3) is 0.214. The number of carbonyl (C=O) groups excluding carboxylic acids is 2. The third-order valence-corrected chi connectivity index (χ3v) is 6.36. The lowest BCUT2D eigenvalue weighted by Crippen LogP contribution is -2.43. The molecule has 0 saturated carbocycles. The second-order valence-corrected chi connectivity index (χ2v) is 8.68. The van der Waals surface area contributed by atoms with Gasteiger partial charge in [-0.25, -0.2) is 4.68 Å². The van der Waals surface area contributed by atoms with E-state index >= 15 is 0 Å². The number of piperidine rings is 1. The molecule has 0 radical (unpaired) electrons. The zero-order chi connectivity index (χ0) is 24.0. The van der Waals surface area contributed by atoms with Crippen LogP contribution in [0.15, 0.2) is 91.4 Å². The van der Waals surface area contributed by atoms with Crippen molar-refractivity contribution in [2.75, 3.05) is 13.1 Å². The van der Waals surface area contributed by atoms with Gasteiger partial charge in [0.15, 0.2) is 0 Å². The van der Waals surface area contributed by atoms with Crippen LogP contribution in [0.3, 0.4) is 0 Å². The minimum atomic E-state index is -0.0902. The molecule has 5 rings (SSSR count). The average molecular weight is 466 g/mol. The van der Waals surface area contributed by atoms with Gasteiger partial charge in [0.25, 0.3) is 5.91 Å². The molecule has 2 amide bonds. The number of likely N-dealkylation sites (tertiary alicyclic amines) is 1. The standard InChI is InChI=1S/C28H27N5O2/c34-27(30-18-21-8-3-1-4-9-21)22-13-16-32(17-14-22)28(35)25-20-33(24-11-5-2-6-12-24)31-26(25)23-10-7-15-29-19-23/h1-12,15,19-20,22H,13-14,16-18H2,(H,30,34). The summed E-state index contributed by atoms with van der Waals surface area (Å²) in [6.45, 7) is 1.59. The minimum Gasteiger partial charge on any atom is -0.352 e. The normalized spacial score (nSPS) is 14.0. The molecule has 176 valence electrons. The van der Waals surface area contributed by atoms with Crippen LogP contribution in [0.25, 0.3) is 16.9 Å². The van der Waals surface area contributed by atoms with Crippen molar-refractivity contribution in [1.29, 1.82) is 0 Å². The molecular weight excluding hydrogens is 438 g/mol. The summed E-state index contributed by atoms with van der Waals surface area (Å²) in [6.07, 6.45) is 6.49. The van der Waals surface area contributed by atoms with Gasteiger partial charge in [0.2, 0.25) is 5.91 Å². The summed E-state index contributed by atoms with van der Waals surface area (Å²) in [5.74, 6) is -0.115. The Bertz CT molecular complexity index is 1280. The van der Waals surface area contributed by atoms with E-state index in [4.69, 9.17) is 5.10 Å². The van der Waals surface area contributed by atoms with Crippen molar-refractivity contribution in [2.24, 2.45) is 5.92 Å². The topological polar surface area (TPSA) is 80.1 Å². The van der Waals surface area contributed by atoms with E-state index in [9.17, 15) is 9.59 Å². The van der Waals surface area contributed by atoms with E-state index in [-0.39, 0.29) is 17.7 Å². The summed E-state index contributed by atoms with van der Waals surface area (Å²) < 4.78 is 1.74. The van der Waals surface area contributed by atoms with Crippen LogP contribution in [0, 0.1) is 5.92 Å². The third-order valence-electron chi connectivity index (χ3n) is 6.36. The maximum Gasteiger partial charge on any atom is 0.257 e. The molecule has 1 aliphatic rings. The smallest absolute Gasteiger partial charge is 0.257 e. The van der Waals surface area contributed by atoms with Gasteiger partial charge in [-0.15, -0.1) is 0 Å². The zero-order valence-electron chi connectivity index (χ0n) is 19.4. The molecule has 7 nitrogen and oxygen atoms in total. The van der Waals surface area contributed by atoms with Crippen molar-refractivity contribution in [2.45, 2.75) is 19.4 Å². The van der Waals surface area contributed by atoms with Crippen LogP contribution in [-0.4, -0.2) is 44.6 Å². The molecule has 1 fully saturated rings. The summed E-state index contributed by atoms with van der Waals surface area (Å²) >= 11 is 0. The molecule has 0 aliphatic carbocycles. The lowest BCUT2D eigenvalue weighted by molar-refractivity contribution is -0.126. The Morgan fingerprint density at radius 2 is 1.63 bits per heavy atom. The Morgan fingerprint density at radius 1 is 0.914 bits per heavy atom. The van der Waals surface area contributed by atoms with Crippen molar-refractivity contribution in [3.8, 4) is 16.9 Å². The largest absolute Gasteiger partial charge is 0.352 e. The predicted octanol–water partition coefficient (Wildman–Crippen LogP) is 4.10. The molecule has 2 aromatic heterocycles. The lowest BCUT2D eigenvalue weighted by Gasteiger charge is -2.31. The molecule has 1 N–H and O–H groups in total. The number of carbonyl (C=O) groups is 2. The van der Waals surface area contributed by atoms with Crippen molar-refractivity contribution < 1.29 is 9.59 Å². The van der Waals surface area contributed by atoms with E-state index < -0.39 is 0 Å². The highest BCUT2D eigenvalue weighted by Gasteiger charge is 2.30. The SMILES string of the molecule is O=C(NCc1ccccc1)C1CCN(C(=O)c2cn(-c3ccccc3)nc2-c2cccnc2)CC1. The molecule has 7 heteroatoms. The number of benzene rings is 2. The molecule has 1 aliphatic heterocycles. The number of pyridine rings is 1. The summed E-state index contributed by atoms with van der Waals surface area (Å²) in [4.78, 5) is 32.3. The number of amides is 2. The van der Waals surface area contributed by atoms with Crippen molar-refractivity contribution in [3.63, 3.8) is 0 Å². The molecule has 4 aromatic rings. The van der Waals surface area contributed by atoms with Crippen LogP contribution >= 0.6 is 0 Å². The Labute approximate surface area is 204 Å². The highest BCUT2D eigenvalue weighted by atomic mass is 16.2. The van der Waals surface area contributed by atoms with Gasteiger partial charge in [-0.05, 0) is 42.7 Å². The van der Waals surface area contributed by atoms with Gasteiger partial charge in [-0.2, -0.15) is 5.10 Å². The van der Waals surface area contributed by atoms with Crippen molar-refractivity contribution in [3.05, 3.63) is 103 Å². The fourth-order valence-electron chi connectivity index (χ4n) is 4.40. The quantitative estimate of drug-likeness (QED) is 0.465. The molecule has 1 saturated heterocycles. The van der Waals surface area contributed by atoms with E-state index in [1.54, 1.807) is 23.3 Å². The van der Waals surface area contributed by atoms with Crippen LogP contribution < -0.4 is 5.32 Å². The van der Waals surface area contributed by atoms with E-state index in [2.05, 4.69) is 10.3 Å². The van der Waals surface area contributed by atoms with Crippen LogP contribution in [0.4, 0.5) is 0 Å². The molecule has 0 bridgehead atoms.